The molecule has 2 saturated heterocycles. The summed E-state index contributed by atoms with van der Waals surface area (Å²) in [6, 6.07) is 13.0. The normalized spacial score (nSPS) is 29.4. The lowest BCUT2D eigenvalue weighted by molar-refractivity contribution is -0.947. The van der Waals surface area contributed by atoms with Gasteiger partial charge >= 0.3 is 0 Å². The summed E-state index contributed by atoms with van der Waals surface area (Å²) in [5.74, 6) is 0.0536. The third-order valence-corrected chi connectivity index (χ3v) is 6.96. The predicted molar refractivity (Wildman–Crippen MR) is 110 cm³/mol. The smallest absolute Gasteiger partial charge is 0.291 e. The van der Waals surface area contributed by atoms with Crippen molar-refractivity contribution in [3.8, 4) is 5.75 Å². The SMILES string of the molecule is COc1ccc(NC(=O)[C@H]2C[C@@H]3CCC[NH+]3[C@]23C(=O)Nc2ccc(Cl)cc23)cc1. The number of halogens is 1. The Balaban J connectivity index is 1.55. The van der Waals surface area contributed by atoms with Crippen molar-refractivity contribution in [1.29, 1.82) is 0 Å². The van der Waals surface area contributed by atoms with Crippen molar-refractivity contribution in [2.45, 2.75) is 30.8 Å². The molecule has 0 radical (unpaired) electrons. The van der Waals surface area contributed by atoms with Crippen LogP contribution in [0.3, 0.4) is 0 Å². The van der Waals surface area contributed by atoms with Crippen molar-refractivity contribution in [3.63, 3.8) is 0 Å². The molecule has 1 spiro atoms. The maximum absolute atomic E-state index is 13.4. The van der Waals surface area contributed by atoms with Crippen LogP contribution >= 0.6 is 11.6 Å². The molecule has 3 heterocycles. The number of hydrogen-bond donors (Lipinski definition) is 3. The number of benzene rings is 2. The van der Waals surface area contributed by atoms with E-state index < -0.39 is 11.5 Å². The molecule has 2 fully saturated rings. The summed E-state index contributed by atoms with van der Waals surface area (Å²) >= 11 is 6.30. The summed E-state index contributed by atoms with van der Waals surface area (Å²) in [4.78, 5) is 28.0. The van der Waals surface area contributed by atoms with Crippen LogP contribution in [0.1, 0.15) is 24.8 Å². The highest BCUT2D eigenvalue weighted by Gasteiger charge is 2.69. The van der Waals surface area contributed by atoms with E-state index in [-0.39, 0.29) is 11.8 Å². The first-order valence-electron chi connectivity index (χ1n) is 9.96. The van der Waals surface area contributed by atoms with Crippen LogP contribution in [0.15, 0.2) is 42.5 Å². The number of methoxy groups -OCH3 is 1. The molecule has 3 N–H and O–H groups in total. The van der Waals surface area contributed by atoms with Gasteiger partial charge in [-0.15, -0.1) is 0 Å². The summed E-state index contributed by atoms with van der Waals surface area (Å²) in [5, 5.41) is 6.62. The summed E-state index contributed by atoms with van der Waals surface area (Å²) in [6.45, 7) is 0.885. The van der Waals surface area contributed by atoms with Crippen LogP contribution in [0.4, 0.5) is 11.4 Å². The van der Waals surface area contributed by atoms with Gasteiger partial charge in [0.15, 0.2) is 0 Å². The van der Waals surface area contributed by atoms with Crippen LogP contribution in [0.2, 0.25) is 5.02 Å². The highest BCUT2D eigenvalue weighted by atomic mass is 35.5. The molecule has 3 aliphatic rings. The number of fused-ring (bicyclic) bond motifs is 4. The van der Waals surface area contributed by atoms with Crippen molar-refractivity contribution < 1.29 is 19.2 Å². The molecule has 4 atom stereocenters. The van der Waals surface area contributed by atoms with Gasteiger partial charge in [0.05, 0.1) is 25.4 Å². The van der Waals surface area contributed by atoms with Gasteiger partial charge in [0.25, 0.3) is 5.91 Å². The second kappa shape index (κ2) is 6.75. The summed E-state index contributed by atoms with van der Waals surface area (Å²) < 4.78 is 5.18. The van der Waals surface area contributed by atoms with E-state index in [9.17, 15) is 9.59 Å². The molecule has 7 heteroatoms. The Morgan fingerprint density at radius 3 is 2.83 bits per heavy atom. The number of carbonyl (C=O) groups excluding carboxylic acids is 2. The third-order valence-electron chi connectivity index (χ3n) is 6.73. The van der Waals surface area contributed by atoms with Gasteiger partial charge in [-0.2, -0.15) is 0 Å². The predicted octanol–water partition coefficient (Wildman–Crippen LogP) is 2.20. The molecule has 2 amide bonds. The molecular formula is C22H23ClN3O3+. The van der Waals surface area contributed by atoms with Crippen LogP contribution in [-0.2, 0) is 15.1 Å². The quantitative estimate of drug-likeness (QED) is 0.723. The molecule has 29 heavy (non-hydrogen) atoms. The Morgan fingerprint density at radius 1 is 1.28 bits per heavy atom. The largest absolute Gasteiger partial charge is 0.497 e. The van der Waals surface area contributed by atoms with Crippen LogP contribution in [0.25, 0.3) is 0 Å². The molecule has 5 rings (SSSR count). The molecule has 3 aliphatic heterocycles. The first kappa shape index (κ1) is 18.5. The second-order valence-corrected chi connectivity index (χ2v) is 8.51. The van der Waals surface area contributed by atoms with Gasteiger partial charge in [-0.25, -0.2) is 0 Å². The number of carbonyl (C=O) groups is 2. The number of ether oxygens (including phenoxy) is 1. The molecule has 1 unspecified atom stereocenters. The van der Waals surface area contributed by atoms with Crippen molar-refractivity contribution in [1.82, 2.24) is 0 Å². The highest BCUT2D eigenvalue weighted by molar-refractivity contribution is 6.31. The molecule has 0 bridgehead atoms. The number of rotatable bonds is 3. The number of anilines is 2. The Morgan fingerprint density at radius 2 is 2.07 bits per heavy atom. The van der Waals surface area contributed by atoms with Gasteiger partial charge in [-0.3, -0.25) is 9.59 Å². The number of nitrogens with one attached hydrogen (secondary N) is 3. The lowest BCUT2D eigenvalue weighted by Gasteiger charge is -2.33. The third kappa shape index (κ3) is 2.66. The van der Waals surface area contributed by atoms with E-state index in [0.29, 0.717) is 23.2 Å². The van der Waals surface area contributed by atoms with Gasteiger partial charge in [-0.05, 0) is 42.5 Å². The van der Waals surface area contributed by atoms with Crippen molar-refractivity contribution >= 4 is 34.8 Å². The van der Waals surface area contributed by atoms with E-state index in [1.54, 1.807) is 25.3 Å². The number of quaternary nitrogens is 1. The standard InChI is InChI=1S/C22H22ClN3O3/c1-29-16-7-5-14(6-8-16)24-20(27)18-12-15-3-2-10-26(15)22(18)17-11-13(23)4-9-19(17)25-21(22)28/h4-9,11,15,18H,2-3,10,12H2,1H3,(H,24,27)(H,25,28)/p+1/t15-,18+,22-/m0/s1. The van der Waals surface area contributed by atoms with Crippen molar-refractivity contribution in [3.05, 3.63) is 53.1 Å². The van der Waals surface area contributed by atoms with E-state index >= 15 is 0 Å². The van der Waals surface area contributed by atoms with Gasteiger partial charge in [0.2, 0.25) is 11.4 Å². The van der Waals surface area contributed by atoms with Gasteiger partial charge in [0, 0.05) is 35.5 Å². The Kier molecular flexibility index (Phi) is 4.29. The number of amides is 2. The van der Waals surface area contributed by atoms with Crippen LogP contribution in [0.5, 0.6) is 5.75 Å². The van der Waals surface area contributed by atoms with E-state index in [0.717, 1.165) is 36.4 Å². The topological polar surface area (TPSA) is 71.9 Å². The maximum atomic E-state index is 13.4. The summed E-state index contributed by atoms with van der Waals surface area (Å²) in [5.41, 5.74) is 1.39. The zero-order chi connectivity index (χ0) is 20.2. The van der Waals surface area contributed by atoms with E-state index in [1.807, 2.05) is 24.3 Å². The molecule has 6 nitrogen and oxygen atoms in total. The van der Waals surface area contributed by atoms with Gasteiger partial charge < -0.3 is 20.3 Å². The first-order valence-corrected chi connectivity index (χ1v) is 10.3. The van der Waals surface area contributed by atoms with Gasteiger partial charge in [-0.1, -0.05) is 11.6 Å². The minimum atomic E-state index is -0.919. The van der Waals surface area contributed by atoms with Crippen molar-refractivity contribution in [2.75, 3.05) is 24.3 Å². The fourth-order valence-corrected chi connectivity index (χ4v) is 5.72. The number of hydrogen-bond acceptors (Lipinski definition) is 3. The highest BCUT2D eigenvalue weighted by Crippen LogP contribution is 2.46. The lowest BCUT2D eigenvalue weighted by Crippen LogP contribution is -3.19. The Labute approximate surface area is 174 Å². The fourth-order valence-electron chi connectivity index (χ4n) is 5.55. The molecule has 0 aromatic heterocycles. The van der Waals surface area contributed by atoms with Gasteiger partial charge in [0.1, 0.15) is 11.7 Å². The second-order valence-electron chi connectivity index (χ2n) is 8.07. The van der Waals surface area contributed by atoms with Crippen LogP contribution < -0.4 is 20.3 Å². The Bertz CT molecular complexity index is 993. The fraction of sp³-hybridized carbons (Fsp3) is 0.364. The first-order chi connectivity index (χ1) is 14.0. The molecule has 150 valence electrons. The minimum absolute atomic E-state index is 0.0935. The zero-order valence-electron chi connectivity index (χ0n) is 16.1. The monoisotopic (exact) mass is 412 g/mol. The van der Waals surface area contributed by atoms with E-state index in [1.165, 1.54) is 4.90 Å². The van der Waals surface area contributed by atoms with E-state index in [4.69, 9.17) is 16.3 Å². The van der Waals surface area contributed by atoms with Crippen molar-refractivity contribution in [2.24, 2.45) is 5.92 Å². The molecule has 0 aliphatic carbocycles. The molecule has 0 saturated carbocycles. The summed E-state index contributed by atoms with van der Waals surface area (Å²) in [6.07, 6.45) is 2.79. The molecular weight excluding hydrogens is 390 g/mol. The molecule has 2 aromatic carbocycles. The van der Waals surface area contributed by atoms with E-state index in [2.05, 4.69) is 10.6 Å². The minimum Gasteiger partial charge on any atom is -0.497 e. The Hall–Kier alpha value is -2.57. The van der Waals surface area contributed by atoms with Crippen LogP contribution in [-0.4, -0.2) is 31.5 Å². The average Bonchev–Trinajstić information content (AvgIpc) is 3.37. The zero-order valence-corrected chi connectivity index (χ0v) is 16.9. The van der Waals surface area contributed by atoms with Crippen LogP contribution in [0, 0.1) is 5.92 Å². The summed E-state index contributed by atoms with van der Waals surface area (Å²) in [7, 11) is 1.60. The average molecular weight is 413 g/mol. The lowest BCUT2D eigenvalue weighted by atomic mass is 9.78. The maximum Gasteiger partial charge on any atom is 0.291 e. The molecule has 2 aromatic rings.